The molecule has 0 bridgehead atoms. The van der Waals surface area contributed by atoms with E-state index in [2.05, 4.69) is 26.7 Å². The van der Waals surface area contributed by atoms with Crippen molar-refractivity contribution in [3.63, 3.8) is 0 Å². The van der Waals surface area contributed by atoms with Gasteiger partial charge in [-0.2, -0.15) is 5.26 Å². The lowest BCUT2D eigenvalue weighted by Gasteiger charge is -2.17. The van der Waals surface area contributed by atoms with Gasteiger partial charge in [-0.05, 0) is 66.4 Å². The van der Waals surface area contributed by atoms with Crippen molar-refractivity contribution < 1.29 is 9.66 Å². The van der Waals surface area contributed by atoms with E-state index in [4.69, 9.17) is 27.9 Å². The third-order valence-electron chi connectivity index (χ3n) is 5.85. The Balaban J connectivity index is 1.70. The Hall–Kier alpha value is -4.39. The number of methoxy groups -OCH3 is 1. The summed E-state index contributed by atoms with van der Waals surface area (Å²) in [6.45, 7) is 3.70. The van der Waals surface area contributed by atoms with Crippen LogP contribution in [0.25, 0.3) is 0 Å². The third kappa shape index (κ3) is 5.62. The monoisotopic (exact) mass is 548 g/mol. The fourth-order valence-electron chi connectivity index (χ4n) is 3.95. The van der Waals surface area contributed by atoms with Gasteiger partial charge in [0.1, 0.15) is 12.1 Å². The fraction of sp³-hybridized carbons (Fsp3) is 0.148. The molecule has 0 aliphatic carbocycles. The minimum atomic E-state index is -0.624. The SMILES string of the molecule is COc1ccc(C)cc1Nc1ncnc(Nc2cc(Cl)c(C(C#N)c3ccc(Cl)cc3)cc2C)c1[N+](=O)[O-]. The van der Waals surface area contributed by atoms with Crippen LogP contribution in [0, 0.1) is 35.3 Å². The number of hydrogen-bond donors (Lipinski definition) is 2. The van der Waals surface area contributed by atoms with Gasteiger partial charge in [-0.15, -0.1) is 0 Å². The molecule has 0 fully saturated rings. The first-order valence-electron chi connectivity index (χ1n) is 11.3. The summed E-state index contributed by atoms with van der Waals surface area (Å²) in [7, 11) is 1.51. The van der Waals surface area contributed by atoms with Gasteiger partial charge in [0.05, 0.1) is 29.7 Å². The van der Waals surface area contributed by atoms with Crippen LogP contribution >= 0.6 is 23.2 Å². The summed E-state index contributed by atoms with van der Waals surface area (Å²) in [5.41, 5.74) is 3.65. The highest BCUT2D eigenvalue weighted by Crippen LogP contribution is 2.39. The largest absolute Gasteiger partial charge is 0.495 e. The summed E-state index contributed by atoms with van der Waals surface area (Å²) in [4.78, 5) is 19.8. The summed E-state index contributed by atoms with van der Waals surface area (Å²) in [6, 6.07) is 18.1. The molecule has 1 unspecified atom stereocenters. The Morgan fingerprint density at radius 1 is 1.00 bits per heavy atom. The minimum absolute atomic E-state index is 0.0101. The number of nitro groups is 1. The van der Waals surface area contributed by atoms with Gasteiger partial charge in [-0.25, -0.2) is 9.97 Å². The predicted octanol–water partition coefficient (Wildman–Crippen LogP) is 7.46. The van der Waals surface area contributed by atoms with Crippen molar-refractivity contribution in [3.05, 3.63) is 103 Å². The number of nitrogens with zero attached hydrogens (tertiary/aromatic N) is 4. The molecule has 9 nitrogen and oxygen atoms in total. The van der Waals surface area contributed by atoms with Crippen molar-refractivity contribution in [2.45, 2.75) is 19.8 Å². The summed E-state index contributed by atoms with van der Waals surface area (Å²) in [5, 5.41) is 28.8. The molecule has 4 rings (SSSR count). The second-order valence-electron chi connectivity index (χ2n) is 8.43. The number of aryl methyl sites for hydroxylation is 2. The Bertz CT molecular complexity index is 1550. The van der Waals surface area contributed by atoms with Gasteiger partial charge >= 0.3 is 5.69 Å². The maximum absolute atomic E-state index is 12.1. The van der Waals surface area contributed by atoms with Crippen LogP contribution in [0.5, 0.6) is 5.75 Å². The van der Waals surface area contributed by atoms with Crippen molar-refractivity contribution >= 4 is 51.9 Å². The Kier molecular flexibility index (Phi) is 7.96. The average Bonchev–Trinajstić information content (AvgIpc) is 2.88. The van der Waals surface area contributed by atoms with Crippen molar-refractivity contribution in [2.75, 3.05) is 17.7 Å². The number of anilines is 4. The van der Waals surface area contributed by atoms with E-state index in [1.807, 2.05) is 19.9 Å². The highest BCUT2D eigenvalue weighted by molar-refractivity contribution is 6.32. The minimum Gasteiger partial charge on any atom is -0.495 e. The van der Waals surface area contributed by atoms with Crippen LogP contribution in [-0.2, 0) is 0 Å². The van der Waals surface area contributed by atoms with Gasteiger partial charge in [0, 0.05) is 15.7 Å². The molecule has 0 saturated heterocycles. The Labute approximate surface area is 229 Å². The standard InChI is InChI=1S/C27H22Cl2N6O3/c1-15-4-9-24(38-3)23(10-15)34-27-25(35(36)37)26(31-14-32-27)33-22-12-21(29)19(11-16(22)2)20(13-30)17-5-7-18(28)8-6-17/h4-12,14,20H,1-3H3,(H2,31,32,33,34). The second-order valence-corrected chi connectivity index (χ2v) is 9.28. The third-order valence-corrected chi connectivity index (χ3v) is 6.43. The van der Waals surface area contributed by atoms with E-state index < -0.39 is 10.8 Å². The molecule has 0 aliphatic rings. The fourth-order valence-corrected chi connectivity index (χ4v) is 4.35. The molecule has 0 spiro atoms. The van der Waals surface area contributed by atoms with Crippen molar-refractivity contribution in [1.29, 1.82) is 5.26 Å². The zero-order valence-corrected chi connectivity index (χ0v) is 22.1. The van der Waals surface area contributed by atoms with Gasteiger partial charge in [0.15, 0.2) is 0 Å². The molecular weight excluding hydrogens is 527 g/mol. The lowest BCUT2D eigenvalue weighted by molar-refractivity contribution is -0.383. The number of rotatable bonds is 8. The van der Waals surface area contributed by atoms with Gasteiger partial charge in [0.2, 0.25) is 11.6 Å². The number of halogens is 2. The zero-order chi connectivity index (χ0) is 27.4. The van der Waals surface area contributed by atoms with Crippen LogP contribution < -0.4 is 15.4 Å². The summed E-state index contributed by atoms with van der Waals surface area (Å²) >= 11 is 12.6. The van der Waals surface area contributed by atoms with E-state index in [9.17, 15) is 15.4 Å². The average molecular weight is 549 g/mol. The number of ether oxygens (including phenoxy) is 1. The maximum Gasteiger partial charge on any atom is 0.353 e. The molecule has 0 amide bonds. The molecule has 192 valence electrons. The molecule has 1 heterocycles. The van der Waals surface area contributed by atoms with Gasteiger partial charge < -0.3 is 15.4 Å². The van der Waals surface area contributed by atoms with Crippen molar-refractivity contribution in [1.82, 2.24) is 9.97 Å². The Morgan fingerprint density at radius 3 is 2.26 bits per heavy atom. The highest BCUT2D eigenvalue weighted by Gasteiger charge is 2.25. The molecule has 11 heteroatoms. The summed E-state index contributed by atoms with van der Waals surface area (Å²) in [5.74, 6) is -0.158. The van der Waals surface area contributed by atoms with E-state index in [0.29, 0.717) is 38.3 Å². The van der Waals surface area contributed by atoms with E-state index in [0.717, 1.165) is 11.1 Å². The normalized spacial score (nSPS) is 11.4. The first-order valence-corrected chi connectivity index (χ1v) is 12.1. The zero-order valence-electron chi connectivity index (χ0n) is 20.6. The number of benzene rings is 3. The molecule has 3 aromatic carbocycles. The number of hydrogen-bond acceptors (Lipinski definition) is 8. The molecule has 0 radical (unpaired) electrons. The number of nitriles is 1. The van der Waals surface area contributed by atoms with Gasteiger partial charge in [-0.1, -0.05) is 47.5 Å². The van der Waals surface area contributed by atoms with Crippen LogP contribution in [0.3, 0.4) is 0 Å². The second kappa shape index (κ2) is 11.3. The topological polar surface area (TPSA) is 126 Å². The van der Waals surface area contributed by atoms with Gasteiger partial charge in [0.25, 0.3) is 0 Å². The van der Waals surface area contributed by atoms with Crippen molar-refractivity contribution in [3.8, 4) is 11.8 Å². The first-order chi connectivity index (χ1) is 18.2. The van der Waals surface area contributed by atoms with Crippen LogP contribution in [0.2, 0.25) is 10.0 Å². The lowest BCUT2D eigenvalue weighted by Crippen LogP contribution is -2.07. The molecule has 1 atom stereocenters. The first kappa shape index (κ1) is 26.7. The molecule has 38 heavy (non-hydrogen) atoms. The summed E-state index contributed by atoms with van der Waals surface area (Å²) in [6.07, 6.45) is 1.22. The maximum atomic E-state index is 12.1. The van der Waals surface area contributed by atoms with Crippen LogP contribution in [-0.4, -0.2) is 22.0 Å². The molecular formula is C27H22Cl2N6O3. The lowest BCUT2D eigenvalue weighted by atomic mass is 9.91. The van der Waals surface area contributed by atoms with E-state index in [1.54, 1.807) is 48.5 Å². The molecule has 0 aliphatic heterocycles. The quantitative estimate of drug-likeness (QED) is 0.171. The van der Waals surface area contributed by atoms with E-state index in [-0.39, 0.29) is 17.3 Å². The molecule has 2 N–H and O–H groups in total. The number of nitrogens with one attached hydrogen (secondary N) is 2. The Morgan fingerprint density at radius 2 is 1.66 bits per heavy atom. The molecule has 0 saturated carbocycles. The van der Waals surface area contributed by atoms with Crippen LogP contribution in [0.1, 0.15) is 28.2 Å². The van der Waals surface area contributed by atoms with Gasteiger partial charge in [-0.3, -0.25) is 10.1 Å². The smallest absolute Gasteiger partial charge is 0.353 e. The van der Waals surface area contributed by atoms with Crippen molar-refractivity contribution in [2.24, 2.45) is 0 Å². The number of aromatic nitrogens is 2. The molecule has 4 aromatic rings. The van der Waals surface area contributed by atoms with E-state index >= 15 is 0 Å². The molecule has 1 aromatic heterocycles. The highest BCUT2D eigenvalue weighted by atomic mass is 35.5. The van der Waals surface area contributed by atoms with E-state index in [1.165, 1.54) is 13.4 Å². The van der Waals surface area contributed by atoms with Crippen LogP contribution in [0.15, 0.2) is 60.9 Å². The summed E-state index contributed by atoms with van der Waals surface area (Å²) < 4.78 is 5.37. The predicted molar refractivity (Wildman–Crippen MR) is 148 cm³/mol. The van der Waals surface area contributed by atoms with Crippen LogP contribution in [0.4, 0.5) is 28.7 Å².